The number of anilines is 1. The molecule has 2 rings (SSSR count). The number of hydrogen-bond acceptors (Lipinski definition) is 5. The molecule has 0 saturated heterocycles. The van der Waals surface area contributed by atoms with Gasteiger partial charge in [0.05, 0.1) is 13.3 Å². The third-order valence-electron chi connectivity index (χ3n) is 2.84. The number of carbonyl (C=O) groups is 2. The maximum absolute atomic E-state index is 11.7. The molecule has 0 unspecified atom stereocenters. The van der Waals surface area contributed by atoms with E-state index in [0.29, 0.717) is 17.0 Å². The second-order valence-corrected chi connectivity index (χ2v) is 4.44. The van der Waals surface area contributed by atoms with Gasteiger partial charge >= 0.3 is 11.8 Å². The fraction of sp³-hybridized carbons (Fsp3) is 0.0625. The van der Waals surface area contributed by atoms with Crippen LogP contribution >= 0.6 is 0 Å². The van der Waals surface area contributed by atoms with E-state index in [9.17, 15) is 14.7 Å². The van der Waals surface area contributed by atoms with Gasteiger partial charge in [-0.05, 0) is 24.3 Å². The Kier molecular flexibility index (Phi) is 5.30. The molecule has 0 aliphatic heterocycles. The largest absolute Gasteiger partial charge is 0.507 e. The lowest BCUT2D eigenvalue weighted by Gasteiger charge is -2.05. The van der Waals surface area contributed by atoms with E-state index >= 15 is 0 Å². The second-order valence-electron chi connectivity index (χ2n) is 4.44. The molecule has 0 bridgehead atoms. The SMILES string of the molecule is COc1cccc(NC(=O)C(=O)N/N=C\c2ccccc2O)c1. The Morgan fingerprint density at radius 3 is 2.65 bits per heavy atom. The maximum Gasteiger partial charge on any atom is 0.329 e. The number of ether oxygens (including phenoxy) is 1. The molecule has 2 aromatic rings. The van der Waals surface area contributed by atoms with Crippen molar-refractivity contribution in [1.29, 1.82) is 0 Å². The highest BCUT2D eigenvalue weighted by Gasteiger charge is 2.13. The molecule has 2 amide bonds. The molecular formula is C16H15N3O4. The summed E-state index contributed by atoms with van der Waals surface area (Å²) in [5.74, 6) is -1.22. The predicted octanol–water partition coefficient (Wildman–Crippen LogP) is 1.49. The maximum atomic E-state index is 11.7. The molecule has 0 spiro atoms. The van der Waals surface area contributed by atoms with E-state index in [0.717, 1.165) is 0 Å². The van der Waals surface area contributed by atoms with Crippen LogP contribution in [0.3, 0.4) is 0 Å². The number of methoxy groups -OCH3 is 1. The summed E-state index contributed by atoms with van der Waals surface area (Å²) in [6, 6.07) is 13.1. The van der Waals surface area contributed by atoms with Crippen molar-refractivity contribution in [3.05, 3.63) is 54.1 Å². The lowest BCUT2D eigenvalue weighted by molar-refractivity contribution is -0.136. The first-order valence-electron chi connectivity index (χ1n) is 6.66. The van der Waals surface area contributed by atoms with Gasteiger partial charge in [-0.15, -0.1) is 0 Å². The first-order valence-corrected chi connectivity index (χ1v) is 6.66. The molecule has 118 valence electrons. The molecule has 0 aliphatic carbocycles. The van der Waals surface area contributed by atoms with Crippen molar-refractivity contribution in [2.24, 2.45) is 5.10 Å². The van der Waals surface area contributed by atoms with Gasteiger partial charge in [0.1, 0.15) is 11.5 Å². The number of nitrogens with one attached hydrogen (secondary N) is 2. The molecule has 23 heavy (non-hydrogen) atoms. The number of nitrogens with zero attached hydrogens (tertiary/aromatic N) is 1. The highest BCUT2D eigenvalue weighted by molar-refractivity contribution is 6.39. The number of carbonyl (C=O) groups excluding carboxylic acids is 2. The Balaban J connectivity index is 1.92. The summed E-state index contributed by atoms with van der Waals surface area (Å²) < 4.78 is 5.02. The number of para-hydroxylation sites is 1. The van der Waals surface area contributed by atoms with E-state index < -0.39 is 11.8 Å². The van der Waals surface area contributed by atoms with Crippen molar-refractivity contribution in [2.75, 3.05) is 12.4 Å². The van der Waals surface area contributed by atoms with E-state index in [2.05, 4.69) is 15.8 Å². The molecule has 7 heteroatoms. The zero-order valence-corrected chi connectivity index (χ0v) is 12.3. The Hall–Kier alpha value is -3.35. The summed E-state index contributed by atoms with van der Waals surface area (Å²) in [7, 11) is 1.50. The van der Waals surface area contributed by atoms with Crippen LogP contribution in [0.4, 0.5) is 5.69 Å². The summed E-state index contributed by atoms with van der Waals surface area (Å²) in [4.78, 5) is 23.4. The molecule has 0 heterocycles. The average molecular weight is 313 g/mol. The van der Waals surface area contributed by atoms with Crippen LogP contribution < -0.4 is 15.5 Å². The van der Waals surface area contributed by atoms with Crippen molar-refractivity contribution in [3.63, 3.8) is 0 Å². The number of amides is 2. The molecule has 0 aromatic heterocycles. The van der Waals surface area contributed by atoms with Gasteiger partial charge in [0.2, 0.25) is 0 Å². The zero-order valence-electron chi connectivity index (χ0n) is 12.3. The highest BCUT2D eigenvalue weighted by atomic mass is 16.5. The molecule has 7 nitrogen and oxygen atoms in total. The molecule has 0 aliphatic rings. The standard InChI is InChI=1S/C16H15N3O4/c1-23-13-7-4-6-12(9-13)18-15(21)16(22)19-17-10-11-5-2-3-8-14(11)20/h2-10,20H,1H3,(H,18,21)(H,19,22)/b17-10-. The number of benzene rings is 2. The molecule has 0 atom stereocenters. The van der Waals surface area contributed by atoms with E-state index in [4.69, 9.17) is 4.74 Å². The summed E-state index contributed by atoms with van der Waals surface area (Å²) >= 11 is 0. The van der Waals surface area contributed by atoms with Crippen LogP contribution in [-0.2, 0) is 9.59 Å². The third kappa shape index (κ3) is 4.57. The molecule has 0 fully saturated rings. The summed E-state index contributed by atoms with van der Waals surface area (Å²) in [5.41, 5.74) is 2.93. The van der Waals surface area contributed by atoms with E-state index in [-0.39, 0.29) is 5.75 Å². The molecule has 2 aromatic carbocycles. The number of rotatable bonds is 4. The van der Waals surface area contributed by atoms with Crippen molar-refractivity contribution in [3.8, 4) is 11.5 Å². The first-order chi connectivity index (χ1) is 11.1. The van der Waals surface area contributed by atoms with Crippen molar-refractivity contribution in [2.45, 2.75) is 0 Å². The molecule has 0 saturated carbocycles. The number of phenols is 1. The smallest absolute Gasteiger partial charge is 0.329 e. The lowest BCUT2D eigenvalue weighted by Crippen LogP contribution is -2.32. The zero-order chi connectivity index (χ0) is 16.7. The predicted molar refractivity (Wildman–Crippen MR) is 85.5 cm³/mol. The van der Waals surface area contributed by atoms with Crippen LogP contribution in [0.15, 0.2) is 53.6 Å². The van der Waals surface area contributed by atoms with E-state index in [1.165, 1.54) is 19.4 Å². The second kappa shape index (κ2) is 7.60. The van der Waals surface area contributed by atoms with Crippen molar-refractivity contribution < 1.29 is 19.4 Å². The molecular weight excluding hydrogens is 298 g/mol. The van der Waals surface area contributed by atoms with Gasteiger partial charge in [-0.1, -0.05) is 18.2 Å². The van der Waals surface area contributed by atoms with E-state index in [1.807, 2.05) is 0 Å². The number of hydrogen-bond donors (Lipinski definition) is 3. The normalized spacial score (nSPS) is 10.3. The quantitative estimate of drug-likeness (QED) is 0.452. The fourth-order valence-electron chi connectivity index (χ4n) is 1.70. The minimum absolute atomic E-state index is 0.0198. The van der Waals surface area contributed by atoms with Gasteiger partial charge in [0.25, 0.3) is 0 Å². The van der Waals surface area contributed by atoms with Crippen LogP contribution in [-0.4, -0.2) is 30.2 Å². The van der Waals surface area contributed by atoms with Gasteiger partial charge in [-0.2, -0.15) is 5.10 Å². The van der Waals surface area contributed by atoms with Gasteiger partial charge in [0, 0.05) is 17.3 Å². The lowest BCUT2D eigenvalue weighted by atomic mass is 10.2. The molecule has 3 N–H and O–H groups in total. The van der Waals surface area contributed by atoms with Crippen LogP contribution in [0.1, 0.15) is 5.56 Å². The summed E-state index contributed by atoms with van der Waals surface area (Å²) in [5, 5.41) is 15.6. The number of phenolic OH excluding ortho intramolecular Hbond substituents is 1. The Morgan fingerprint density at radius 2 is 1.91 bits per heavy atom. The molecule has 0 radical (unpaired) electrons. The van der Waals surface area contributed by atoms with Gasteiger partial charge < -0.3 is 15.2 Å². The summed E-state index contributed by atoms with van der Waals surface area (Å²) in [6.07, 6.45) is 1.24. The number of aromatic hydroxyl groups is 1. The highest BCUT2D eigenvalue weighted by Crippen LogP contribution is 2.16. The van der Waals surface area contributed by atoms with Gasteiger partial charge in [-0.25, -0.2) is 5.43 Å². The number of hydrazone groups is 1. The van der Waals surface area contributed by atoms with Crippen LogP contribution in [0.5, 0.6) is 11.5 Å². The Morgan fingerprint density at radius 1 is 1.13 bits per heavy atom. The average Bonchev–Trinajstić information content (AvgIpc) is 2.56. The third-order valence-corrected chi connectivity index (χ3v) is 2.84. The summed E-state index contributed by atoms with van der Waals surface area (Å²) in [6.45, 7) is 0. The Bertz CT molecular complexity index is 744. The topological polar surface area (TPSA) is 100 Å². The minimum atomic E-state index is -0.931. The fourth-order valence-corrected chi connectivity index (χ4v) is 1.70. The van der Waals surface area contributed by atoms with Crippen molar-refractivity contribution in [1.82, 2.24) is 5.43 Å². The van der Waals surface area contributed by atoms with Crippen molar-refractivity contribution >= 4 is 23.7 Å². The Labute approximate surface area is 132 Å². The van der Waals surface area contributed by atoms with E-state index in [1.54, 1.807) is 42.5 Å². The van der Waals surface area contributed by atoms with Gasteiger partial charge in [-0.3, -0.25) is 9.59 Å². The van der Waals surface area contributed by atoms with Crippen LogP contribution in [0, 0.1) is 0 Å². The van der Waals surface area contributed by atoms with Gasteiger partial charge in [0.15, 0.2) is 0 Å². The van der Waals surface area contributed by atoms with Crippen LogP contribution in [0.25, 0.3) is 0 Å². The van der Waals surface area contributed by atoms with Crippen LogP contribution in [0.2, 0.25) is 0 Å². The monoisotopic (exact) mass is 313 g/mol. The first kappa shape index (κ1) is 16.0. The minimum Gasteiger partial charge on any atom is -0.507 e.